The maximum absolute atomic E-state index is 13.9. The zero-order chi connectivity index (χ0) is 18.7. The van der Waals surface area contributed by atoms with Gasteiger partial charge in [0, 0.05) is 0 Å². The lowest BCUT2D eigenvalue weighted by molar-refractivity contribution is 0.268. The quantitative estimate of drug-likeness (QED) is 0.411. The molecule has 0 amide bonds. The molecule has 0 atom stereocenters. The molecular weight excluding hydrogens is 365 g/mol. The molecule has 0 aromatic rings. The van der Waals surface area contributed by atoms with Gasteiger partial charge in [0.25, 0.3) is 0 Å². The first-order valence-corrected chi connectivity index (χ1v) is 12.5. The van der Waals surface area contributed by atoms with Crippen molar-refractivity contribution in [3.63, 3.8) is 0 Å². The second-order valence-corrected chi connectivity index (χ2v) is 13.1. The summed E-state index contributed by atoms with van der Waals surface area (Å²) in [6, 6.07) is 0. The van der Waals surface area contributed by atoms with E-state index in [0.717, 1.165) is 0 Å². The molecule has 0 bridgehead atoms. The van der Waals surface area contributed by atoms with Crippen molar-refractivity contribution >= 4 is 22.6 Å². The summed E-state index contributed by atoms with van der Waals surface area (Å²) in [5.41, 5.74) is 0. The zero-order valence-electron chi connectivity index (χ0n) is 14.3. The predicted octanol–water partition coefficient (Wildman–Crippen LogP) is 3.69. The van der Waals surface area contributed by atoms with Gasteiger partial charge in [-0.3, -0.25) is 13.7 Å². The van der Waals surface area contributed by atoms with Gasteiger partial charge in [-0.25, -0.2) is 0 Å². The van der Waals surface area contributed by atoms with Crippen molar-refractivity contribution in [2.45, 2.75) is 70.1 Å². The first kappa shape index (κ1) is 23.5. The van der Waals surface area contributed by atoms with E-state index >= 15 is 0 Å². The molecule has 23 heavy (non-hydrogen) atoms. The Morgan fingerprint density at radius 2 is 0.957 bits per heavy atom. The van der Waals surface area contributed by atoms with Crippen LogP contribution < -0.4 is 0 Å². The summed E-state index contributed by atoms with van der Waals surface area (Å²) >= 11 is 0. The van der Waals surface area contributed by atoms with Gasteiger partial charge in [-0.15, -0.1) is 0 Å². The predicted molar refractivity (Wildman–Crippen MR) is 89.9 cm³/mol. The highest BCUT2D eigenvalue weighted by molar-refractivity contribution is 7.84. The van der Waals surface area contributed by atoms with E-state index in [1.807, 2.05) is 0 Å². The SMILES string of the molecule is CCOP(=O)(C(CC)(CC)P(=O)(O)O)C(CC)(CC)P(=O)(O)O. The minimum absolute atomic E-state index is 0.166. The topological polar surface area (TPSA) is 141 Å². The molecule has 0 saturated carbocycles. The first-order chi connectivity index (χ1) is 10.3. The van der Waals surface area contributed by atoms with Gasteiger partial charge in [0.1, 0.15) is 9.79 Å². The van der Waals surface area contributed by atoms with E-state index < -0.39 is 32.4 Å². The van der Waals surface area contributed by atoms with Crippen LogP contribution in [0, 0.1) is 0 Å². The van der Waals surface area contributed by atoms with Gasteiger partial charge in [0.2, 0.25) is 7.37 Å². The summed E-state index contributed by atoms with van der Waals surface area (Å²) in [6.45, 7) is 7.11. The molecule has 0 aliphatic carbocycles. The monoisotopic (exact) mass is 394 g/mol. The molecule has 0 unspecified atom stereocenters. The Morgan fingerprint density at radius 1 is 0.696 bits per heavy atom. The minimum Gasteiger partial charge on any atom is -0.327 e. The van der Waals surface area contributed by atoms with E-state index in [-0.39, 0.29) is 32.3 Å². The Hall–Kier alpha value is 0.490. The number of hydrogen-bond acceptors (Lipinski definition) is 4. The molecule has 11 heteroatoms. The van der Waals surface area contributed by atoms with Crippen LogP contribution in [0.15, 0.2) is 0 Å². The van der Waals surface area contributed by atoms with Crippen molar-refractivity contribution in [1.82, 2.24) is 0 Å². The molecule has 0 radical (unpaired) electrons. The Morgan fingerprint density at radius 3 is 1.09 bits per heavy atom. The maximum atomic E-state index is 13.9. The van der Waals surface area contributed by atoms with Crippen molar-refractivity contribution in [3.8, 4) is 0 Å². The summed E-state index contributed by atoms with van der Waals surface area (Å²) in [6.07, 6.45) is -0.862. The number of hydrogen-bond donors (Lipinski definition) is 4. The van der Waals surface area contributed by atoms with Gasteiger partial charge in [0.15, 0.2) is 0 Å². The smallest absolute Gasteiger partial charge is 0.327 e. The van der Waals surface area contributed by atoms with Crippen molar-refractivity contribution in [1.29, 1.82) is 0 Å². The van der Waals surface area contributed by atoms with Gasteiger partial charge >= 0.3 is 15.2 Å². The highest BCUT2D eigenvalue weighted by Gasteiger charge is 2.71. The van der Waals surface area contributed by atoms with E-state index in [0.29, 0.717) is 0 Å². The van der Waals surface area contributed by atoms with Crippen LogP contribution in [-0.2, 0) is 18.2 Å². The molecule has 0 aromatic carbocycles. The van der Waals surface area contributed by atoms with Crippen LogP contribution >= 0.6 is 22.6 Å². The molecule has 0 fully saturated rings. The van der Waals surface area contributed by atoms with Crippen LogP contribution in [0.4, 0.5) is 0 Å². The highest BCUT2D eigenvalue weighted by atomic mass is 31.3. The van der Waals surface area contributed by atoms with Crippen LogP contribution in [0.3, 0.4) is 0 Å². The third-order valence-electron chi connectivity index (χ3n) is 4.76. The van der Waals surface area contributed by atoms with Crippen molar-refractivity contribution in [2.24, 2.45) is 0 Å². The fraction of sp³-hybridized carbons (Fsp3) is 1.00. The van der Waals surface area contributed by atoms with Gasteiger partial charge in [-0.1, -0.05) is 27.7 Å². The molecular formula is C12H29O8P3. The zero-order valence-corrected chi connectivity index (χ0v) is 17.0. The molecule has 0 rings (SSSR count). The van der Waals surface area contributed by atoms with Gasteiger partial charge < -0.3 is 24.1 Å². The van der Waals surface area contributed by atoms with E-state index in [1.165, 1.54) is 34.6 Å². The van der Waals surface area contributed by atoms with Crippen molar-refractivity contribution < 1.29 is 37.8 Å². The Kier molecular flexibility index (Phi) is 7.97. The molecule has 0 spiro atoms. The third kappa shape index (κ3) is 3.43. The normalized spacial score (nSPS) is 15.0. The van der Waals surface area contributed by atoms with Gasteiger partial charge in [-0.2, -0.15) is 0 Å². The van der Waals surface area contributed by atoms with Crippen LogP contribution in [-0.4, -0.2) is 36.0 Å². The second-order valence-electron chi connectivity index (χ2n) is 5.44. The average molecular weight is 394 g/mol. The van der Waals surface area contributed by atoms with Gasteiger partial charge in [0.05, 0.1) is 6.61 Å². The molecule has 4 N–H and O–H groups in total. The lowest BCUT2D eigenvalue weighted by Gasteiger charge is -2.48. The molecule has 0 heterocycles. The Labute approximate surface area is 137 Å². The lowest BCUT2D eigenvalue weighted by atomic mass is 10.2. The van der Waals surface area contributed by atoms with Crippen LogP contribution in [0.1, 0.15) is 60.3 Å². The minimum atomic E-state index is -4.98. The fourth-order valence-corrected chi connectivity index (χ4v) is 12.7. The average Bonchev–Trinajstić information content (AvgIpc) is 2.39. The van der Waals surface area contributed by atoms with E-state index in [4.69, 9.17) is 4.52 Å². The second kappa shape index (κ2) is 7.80. The van der Waals surface area contributed by atoms with Gasteiger partial charge in [-0.05, 0) is 32.6 Å². The number of rotatable bonds is 10. The fourth-order valence-electron chi connectivity index (χ4n) is 3.31. The Bertz CT molecular complexity index is 484. The molecule has 8 nitrogen and oxygen atoms in total. The highest BCUT2D eigenvalue weighted by Crippen LogP contribution is 2.87. The largest absolute Gasteiger partial charge is 0.341 e. The molecule has 140 valence electrons. The van der Waals surface area contributed by atoms with E-state index in [1.54, 1.807) is 0 Å². The summed E-state index contributed by atoms with van der Waals surface area (Å²) in [5.74, 6) is 0. The standard InChI is InChI=1S/C12H29O8P3/c1-6-11(7-2,22(14,15)16)21(13,20-10-5)12(8-3,9-4)23(17,18)19/h6-10H2,1-5H3,(H2,14,15,16)(H2,17,18,19). The first-order valence-electron chi connectivity index (χ1n) is 7.66. The maximum Gasteiger partial charge on any atom is 0.341 e. The molecule has 0 aromatic heterocycles. The van der Waals surface area contributed by atoms with Crippen LogP contribution in [0.5, 0.6) is 0 Å². The Balaban J connectivity index is 7.02. The molecule has 0 aliphatic rings. The molecule has 0 saturated heterocycles. The summed E-state index contributed by atoms with van der Waals surface area (Å²) in [7, 11) is -14.4. The lowest BCUT2D eigenvalue weighted by Crippen LogP contribution is -2.41. The van der Waals surface area contributed by atoms with Crippen LogP contribution in [0.2, 0.25) is 0 Å². The third-order valence-corrected chi connectivity index (χ3v) is 15.4. The summed E-state index contributed by atoms with van der Waals surface area (Å²) in [5, 5.41) is 0. The van der Waals surface area contributed by atoms with E-state index in [9.17, 15) is 33.3 Å². The summed E-state index contributed by atoms with van der Waals surface area (Å²) < 4.78 is 43.7. The molecule has 0 aliphatic heterocycles. The van der Waals surface area contributed by atoms with Crippen molar-refractivity contribution in [3.05, 3.63) is 0 Å². The van der Waals surface area contributed by atoms with Crippen LogP contribution in [0.25, 0.3) is 0 Å². The van der Waals surface area contributed by atoms with E-state index in [2.05, 4.69) is 0 Å². The van der Waals surface area contributed by atoms with Crippen molar-refractivity contribution in [2.75, 3.05) is 6.61 Å². The summed E-state index contributed by atoms with van der Waals surface area (Å²) in [4.78, 5) is 35.4.